The van der Waals surface area contributed by atoms with E-state index in [2.05, 4.69) is 28.3 Å². The molecule has 1 aliphatic heterocycles. The third kappa shape index (κ3) is 3.89. The molecule has 2 N–H and O–H groups in total. The van der Waals surface area contributed by atoms with Gasteiger partial charge in [0.25, 0.3) is 10.0 Å². The number of aryl methyl sites for hydroxylation is 1. The Kier molecular flexibility index (Phi) is 5.62. The van der Waals surface area contributed by atoms with Crippen molar-refractivity contribution >= 4 is 21.4 Å². The van der Waals surface area contributed by atoms with Crippen LogP contribution in [0.25, 0.3) is 0 Å². The topological polar surface area (TPSA) is 67.4 Å². The zero-order valence-corrected chi connectivity index (χ0v) is 19.6. The van der Waals surface area contributed by atoms with Gasteiger partial charge in [-0.25, -0.2) is 8.42 Å². The number of methoxy groups -OCH3 is 1. The highest BCUT2D eigenvalue weighted by Gasteiger charge is 2.39. The van der Waals surface area contributed by atoms with Gasteiger partial charge in [0.15, 0.2) is 0 Å². The van der Waals surface area contributed by atoms with Crippen LogP contribution in [0.3, 0.4) is 0 Å². The summed E-state index contributed by atoms with van der Waals surface area (Å²) in [4.78, 5) is 0.281. The Balaban J connectivity index is 1.51. The molecule has 3 aromatic carbocycles. The Morgan fingerprint density at radius 3 is 2.64 bits per heavy atom. The molecular weight excluding hydrogens is 432 g/mol. The van der Waals surface area contributed by atoms with Crippen molar-refractivity contribution in [1.29, 1.82) is 0 Å². The number of sulfonamides is 1. The SMILES string of the molecule is CCc1ccccc1NS(=O)(=O)c1ccc2c(c1)[C@H]1C=CC[C@H]1[C@@H](c1ccccc1OC)N2. The highest BCUT2D eigenvalue weighted by Crippen LogP contribution is 2.51. The molecule has 0 bridgehead atoms. The highest BCUT2D eigenvalue weighted by molar-refractivity contribution is 7.92. The third-order valence-corrected chi connectivity index (χ3v) is 8.12. The molecular formula is C27H28N2O3S. The van der Waals surface area contributed by atoms with E-state index in [-0.39, 0.29) is 16.9 Å². The Morgan fingerprint density at radius 1 is 1.03 bits per heavy atom. The predicted octanol–water partition coefficient (Wildman–Crippen LogP) is 5.88. The molecule has 3 atom stereocenters. The monoisotopic (exact) mass is 460 g/mol. The molecule has 0 saturated heterocycles. The average Bonchev–Trinajstić information content (AvgIpc) is 3.34. The Labute approximate surface area is 195 Å². The van der Waals surface area contributed by atoms with Gasteiger partial charge in [0.2, 0.25) is 0 Å². The molecule has 0 spiro atoms. The fourth-order valence-corrected chi connectivity index (χ4v) is 6.24. The highest BCUT2D eigenvalue weighted by atomic mass is 32.2. The van der Waals surface area contributed by atoms with Gasteiger partial charge >= 0.3 is 0 Å². The minimum Gasteiger partial charge on any atom is -0.496 e. The van der Waals surface area contributed by atoms with Gasteiger partial charge in [-0.3, -0.25) is 4.72 Å². The molecule has 5 nitrogen and oxygen atoms in total. The van der Waals surface area contributed by atoms with Crippen LogP contribution in [-0.2, 0) is 16.4 Å². The molecule has 170 valence electrons. The van der Waals surface area contributed by atoms with Crippen LogP contribution >= 0.6 is 0 Å². The van der Waals surface area contributed by atoms with Crippen LogP contribution in [0.2, 0.25) is 0 Å². The lowest BCUT2D eigenvalue weighted by molar-refractivity contribution is 0.381. The summed E-state index contributed by atoms with van der Waals surface area (Å²) in [7, 11) is -2.01. The summed E-state index contributed by atoms with van der Waals surface area (Å²) in [5.41, 5.74) is 4.71. The fourth-order valence-electron chi connectivity index (χ4n) is 5.10. The number of hydrogen-bond acceptors (Lipinski definition) is 4. The number of rotatable bonds is 6. The molecule has 0 amide bonds. The van der Waals surface area contributed by atoms with Crippen molar-refractivity contribution in [3.8, 4) is 5.75 Å². The average molecular weight is 461 g/mol. The molecule has 0 fully saturated rings. The van der Waals surface area contributed by atoms with Crippen LogP contribution in [0.1, 0.15) is 42.0 Å². The number of benzene rings is 3. The minimum absolute atomic E-state index is 0.0886. The third-order valence-electron chi connectivity index (χ3n) is 6.76. The van der Waals surface area contributed by atoms with Gasteiger partial charge in [-0.05, 0) is 60.2 Å². The molecule has 1 aliphatic carbocycles. The lowest BCUT2D eigenvalue weighted by Crippen LogP contribution is -2.29. The summed E-state index contributed by atoms with van der Waals surface area (Å²) in [5.74, 6) is 1.30. The van der Waals surface area contributed by atoms with Crippen molar-refractivity contribution in [2.24, 2.45) is 5.92 Å². The molecule has 33 heavy (non-hydrogen) atoms. The van der Waals surface area contributed by atoms with E-state index in [1.807, 2.05) is 61.5 Å². The van der Waals surface area contributed by atoms with Crippen molar-refractivity contribution in [2.75, 3.05) is 17.1 Å². The molecule has 0 saturated carbocycles. The van der Waals surface area contributed by atoms with Gasteiger partial charge in [0, 0.05) is 17.2 Å². The van der Waals surface area contributed by atoms with E-state index in [0.717, 1.165) is 41.0 Å². The summed E-state index contributed by atoms with van der Waals surface area (Å²) in [6, 6.07) is 21.1. The van der Waals surface area contributed by atoms with Crippen LogP contribution in [0.4, 0.5) is 11.4 Å². The van der Waals surface area contributed by atoms with Gasteiger partial charge in [0.1, 0.15) is 5.75 Å². The molecule has 6 heteroatoms. The number of fused-ring (bicyclic) bond motifs is 3. The number of para-hydroxylation sites is 2. The maximum Gasteiger partial charge on any atom is 0.261 e. The van der Waals surface area contributed by atoms with Gasteiger partial charge in [-0.2, -0.15) is 0 Å². The first-order valence-corrected chi connectivity index (χ1v) is 12.8. The lowest BCUT2D eigenvalue weighted by atomic mass is 9.77. The fraction of sp³-hybridized carbons (Fsp3) is 0.259. The first kappa shape index (κ1) is 21.6. The Morgan fingerprint density at radius 2 is 1.82 bits per heavy atom. The smallest absolute Gasteiger partial charge is 0.261 e. The lowest BCUT2D eigenvalue weighted by Gasteiger charge is -2.38. The van der Waals surface area contributed by atoms with Crippen molar-refractivity contribution < 1.29 is 13.2 Å². The first-order chi connectivity index (χ1) is 16.0. The molecule has 2 aliphatic rings. The second kappa shape index (κ2) is 8.60. The van der Waals surface area contributed by atoms with Crippen molar-refractivity contribution in [1.82, 2.24) is 0 Å². The molecule has 0 aromatic heterocycles. The predicted molar refractivity (Wildman–Crippen MR) is 132 cm³/mol. The van der Waals surface area contributed by atoms with E-state index in [9.17, 15) is 8.42 Å². The zero-order valence-electron chi connectivity index (χ0n) is 18.8. The Bertz CT molecular complexity index is 1320. The minimum atomic E-state index is -3.71. The van der Waals surface area contributed by atoms with Gasteiger partial charge in [-0.15, -0.1) is 0 Å². The summed E-state index contributed by atoms with van der Waals surface area (Å²) >= 11 is 0. The number of hydrogen-bond donors (Lipinski definition) is 2. The van der Waals surface area contributed by atoms with Crippen LogP contribution in [0.15, 0.2) is 83.8 Å². The van der Waals surface area contributed by atoms with E-state index >= 15 is 0 Å². The van der Waals surface area contributed by atoms with E-state index in [0.29, 0.717) is 11.6 Å². The van der Waals surface area contributed by atoms with Gasteiger partial charge < -0.3 is 10.1 Å². The molecule has 0 unspecified atom stereocenters. The van der Waals surface area contributed by atoms with Crippen molar-refractivity contribution in [3.05, 3.63) is 95.6 Å². The van der Waals surface area contributed by atoms with E-state index in [4.69, 9.17) is 4.74 Å². The molecule has 5 rings (SSSR count). The maximum absolute atomic E-state index is 13.3. The van der Waals surface area contributed by atoms with Crippen molar-refractivity contribution in [3.63, 3.8) is 0 Å². The van der Waals surface area contributed by atoms with Crippen LogP contribution < -0.4 is 14.8 Å². The summed E-state index contributed by atoms with van der Waals surface area (Å²) in [5, 5.41) is 3.67. The van der Waals surface area contributed by atoms with Crippen LogP contribution in [0.5, 0.6) is 5.75 Å². The molecule has 1 heterocycles. The van der Waals surface area contributed by atoms with Gasteiger partial charge in [-0.1, -0.05) is 55.5 Å². The first-order valence-electron chi connectivity index (χ1n) is 11.3. The van der Waals surface area contributed by atoms with Crippen LogP contribution in [-0.4, -0.2) is 15.5 Å². The number of nitrogens with one attached hydrogen (secondary N) is 2. The standard InChI is InChI=1S/C27H28N2O3S/c1-3-18-9-4-6-13-24(18)29-33(30,31)19-15-16-25-23(17-19)20-11-8-12-21(20)27(28-25)22-10-5-7-14-26(22)32-2/h4-11,13-17,20-21,27-29H,3,12H2,1-2H3/t20-,21+,27-/m0/s1. The van der Waals surface area contributed by atoms with Gasteiger partial charge in [0.05, 0.1) is 23.7 Å². The zero-order chi connectivity index (χ0) is 23.0. The van der Waals surface area contributed by atoms with Crippen molar-refractivity contribution in [2.45, 2.75) is 36.6 Å². The second-order valence-corrected chi connectivity index (χ2v) is 10.3. The van der Waals surface area contributed by atoms with E-state index in [1.165, 1.54) is 0 Å². The summed E-state index contributed by atoms with van der Waals surface area (Å²) in [6.45, 7) is 2.02. The molecule has 3 aromatic rings. The van der Waals surface area contributed by atoms with Crippen LogP contribution in [0, 0.1) is 5.92 Å². The normalized spacial score (nSPS) is 21.1. The summed E-state index contributed by atoms with van der Waals surface area (Å²) < 4.78 is 34.9. The number of ether oxygens (including phenoxy) is 1. The largest absolute Gasteiger partial charge is 0.496 e. The molecule has 0 radical (unpaired) electrons. The quantitative estimate of drug-likeness (QED) is 0.451. The summed E-state index contributed by atoms with van der Waals surface area (Å²) in [6.07, 6.45) is 6.10. The Hall–Kier alpha value is -3.25. The maximum atomic E-state index is 13.3. The van der Waals surface area contributed by atoms with E-state index < -0.39 is 10.0 Å². The second-order valence-electron chi connectivity index (χ2n) is 8.58. The van der Waals surface area contributed by atoms with E-state index in [1.54, 1.807) is 13.2 Å². The number of anilines is 2. The number of allylic oxidation sites excluding steroid dienone is 2.